The first-order valence-corrected chi connectivity index (χ1v) is 8.38. The van der Waals surface area contributed by atoms with Crippen LogP contribution in [0.5, 0.6) is 5.75 Å². The van der Waals surface area contributed by atoms with Gasteiger partial charge in [0.1, 0.15) is 0 Å². The van der Waals surface area contributed by atoms with E-state index in [4.69, 9.17) is 0 Å². The molecule has 1 aliphatic heterocycles. The van der Waals surface area contributed by atoms with Gasteiger partial charge in [0.25, 0.3) is 5.56 Å². The number of nitrogens with zero attached hydrogens (tertiary/aromatic N) is 2. The molecule has 23 heavy (non-hydrogen) atoms. The Morgan fingerprint density at radius 1 is 1.17 bits per heavy atom. The second-order valence-electron chi connectivity index (χ2n) is 6.28. The van der Waals surface area contributed by atoms with Crippen LogP contribution >= 0.6 is 0 Å². The monoisotopic (exact) mass is 312 g/mol. The minimum Gasteiger partial charge on any atom is -0.503 e. The van der Waals surface area contributed by atoms with Crippen molar-refractivity contribution in [1.82, 2.24) is 9.47 Å². The van der Waals surface area contributed by atoms with Crippen LogP contribution in [0.25, 0.3) is 0 Å². The lowest BCUT2D eigenvalue weighted by molar-refractivity contribution is 0.236. The molecule has 0 amide bonds. The summed E-state index contributed by atoms with van der Waals surface area (Å²) in [6, 6.07) is 12.3. The Labute approximate surface area is 137 Å². The number of rotatable bonds is 5. The summed E-state index contributed by atoms with van der Waals surface area (Å²) < 4.78 is 1.56. The van der Waals surface area contributed by atoms with Gasteiger partial charge >= 0.3 is 0 Å². The topological polar surface area (TPSA) is 45.5 Å². The minimum absolute atomic E-state index is 0.106. The number of likely N-dealkylation sites (tertiary alicyclic amines) is 1. The summed E-state index contributed by atoms with van der Waals surface area (Å²) in [6.45, 7) is 4.38. The van der Waals surface area contributed by atoms with Crippen LogP contribution in [0.2, 0.25) is 0 Å². The molecule has 1 N–H and O–H groups in total. The molecule has 1 saturated heterocycles. The number of benzene rings is 1. The van der Waals surface area contributed by atoms with Crippen molar-refractivity contribution in [2.75, 3.05) is 6.54 Å². The third kappa shape index (κ3) is 3.48. The molecule has 1 aromatic carbocycles. The fourth-order valence-corrected chi connectivity index (χ4v) is 3.42. The van der Waals surface area contributed by atoms with Crippen molar-refractivity contribution in [1.29, 1.82) is 0 Å². The van der Waals surface area contributed by atoms with Crippen molar-refractivity contribution in [2.24, 2.45) is 0 Å². The lowest BCUT2D eigenvalue weighted by Gasteiger charge is -2.23. The molecule has 0 aliphatic carbocycles. The summed E-state index contributed by atoms with van der Waals surface area (Å²) in [6.07, 6.45) is 5.32. The molecular weight excluding hydrogens is 288 g/mol. The average Bonchev–Trinajstić information content (AvgIpc) is 3.03. The maximum Gasteiger partial charge on any atom is 0.293 e. The molecule has 4 heteroatoms. The van der Waals surface area contributed by atoms with Crippen molar-refractivity contribution in [3.05, 3.63) is 64.1 Å². The van der Waals surface area contributed by atoms with Crippen LogP contribution in [-0.2, 0) is 13.1 Å². The van der Waals surface area contributed by atoms with Gasteiger partial charge in [-0.3, -0.25) is 9.69 Å². The second-order valence-corrected chi connectivity index (χ2v) is 6.28. The van der Waals surface area contributed by atoms with Gasteiger partial charge in [-0.2, -0.15) is 0 Å². The van der Waals surface area contributed by atoms with Crippen LogP contribution < -0.4 is 5.56 Å². The van der Waals surface area contributed by atoms with Crippen molar-refractivity contribution in [2.45, 2.75) is 45.3 Å². The highest BCUT2D eigenvalue weighted by Gasteiger charge is 2.24. The second kappa shape index (κ2) is 7.01. The van der Waals surface area contributed by atoms with E-state index >= 15 is 0 Å². The maximum atomic E-state index is 12.4. The summed E-state index contributed by atoms with van der Waals surface area (Å²) in [5.41, 5.74) is 1.48. The molecule has 1 fully saturated rings. The molecule has 2 heterocycles. The first-order valence-electron chi connectivity index (χ1n) is 8.38. The van der Waals surface area contributed by atoms with E-state index in [1.54, 1.807) is 10.8 Å². The van der Waals surface area contributed by atoms with E-state index in [0.717, 1.165) is 24.1 Å². The van der Waals surface area contributed by atoms with Gasteiger partial charge in [0.05, 0.1) is 6.54 Å². The van der Waals surface area contributed by atoms with Crippen LogP contribution in [0.15, 0.2) is 47.4 Å². The zero-order valence-corrected chi connectivity index (χ0v) is 13.6. The lowest BCUT2D eigenvalue weighted by atomic mass is 10.1. The summed E-state index contributed by atoms with van der Waals surface area (Å²) >= 11 is 0. The van der Waals surface area contributed by atoms with Crippen LogP contribution in [0.1, 0.15) is 37.3 Å². The van der Waals surface area contributed by atoms with Gasteiger partial charge in [-0.25, -0.2) is 0 Å². The summed E-state index contributed by atoms with van der Waals surface area (Å²) in [7, 11) is 0. The van der Waals surface area contributed by atoms with E-state index in [9.17, 15) is 9.90 Å². The third-order valence-corrected chi connectivity index (χ3v) is 4.76. The quantitative estimate of drug-likeness (QED) is 0.923. The van der Waals surface area contributed by atoms with E-state index in [1.165, 1.54) is 12.8 Å². The van der Waals surface area contributed by atoms with E-state index in [0.29, 0.717) is 19.1 Å². The fourth-order valence-electron chi connectivity index (χ4n) is 3.42. The number of aromatic nitrogens is 1. The van der Waals surface area contributed by atoms with Crippen LogP contribution in [0.4, 0.5) is 0 Å². The first-order chi connectivity index (χ1) is 11.2. The highest BCUT2D eigenvalue weighted by molar-refractivity contribution is 5.30. The average molecular weight is 312 g/mol. The van der Waals surface area contributed by atoms with Crippen molar-refractivity contribution >= 4 is 0 Å². The molecule has 0 unspecified atom stereocenters. The lowest BCUT2D eigenvalue weighted by Crippen LogP contribution is -2.29. The van der Waals surface area contributed by atoms with Gasteiger partial charge in [-0.1, -0.05) is 37.3 Å². The third-order valence-electron chi connectivity index (χ3n) is 4.76. The maximum absolute atomic E-state index is 12.4. The summed E-state index contributed by atoms with van der Waals surface area (Å²) in [4.78, 5) is 14.8. The van der Waals surface area contributed by atoms with E-state index < -0.39 is 0 Å². The van der Waals surface area contributed by atoms with Gasteiger partial charge < -0.3 is 9.67 Å². The Balaban J connectivity index is 1.79. The standard InChI is InChI=1S/C19H24N2O2/c1-2-17-9-6-11-20(17)14-16-10-12-21(19(23)18(16)22)13-15-7-4-3-5-8-15/h3-5,7-8,10,12,17,22H,2,6,9,11,13-14H2,1H3/t17-/m0/s1. The number of hydrogen-bond acceptors (Lipinski definition) is 3. The predicted molar refractivity (Wildman–Crippen MR) is 91.6 cm³/mol. The van der Waals surface area contributed by atoms with Crippen molar-refractivity contribution in [3.8, 4) is 5.75 Å². The van der Waals surface area contributed by atoms with E-state index in [1.807, 2.05) is 36.4 Å². The SMILES string of the molecule is CC[C@H]1CCCN1Cc1ccn(Cc2ccccc2)c(=O)c1O. The van der Waals surface area contributed by atoms with E-state index in [2.05, 4.69) is 11.8 Å². The smallest absolute Gasteiger partial charge is 0.293 e. The fraction of sp³-hybridized carbons (Fsp3) is 0.421. The molecule has 122 valence electrons. The predicted octanol–water partition coefficient (Wildman–Crippen LogP) is 2.98. The highest BCUT2D eigenvalue weighted by atomic mass is 16.3. The van der Waals surface area contributed by atoms with Crippen LogP contribution in [0.3, 0.4) is 0 Å². The number of aromatic hydroxyl groups is 1. The van der Waals surface area contributed by atoms with Gasteiger partial charge in [-0.05, 0) is 37.4 Å². The molecule has 4 nitrogen and oxygen atoms in total. The number of pyridine rings is 1. The molecule has 0 bridgehead atoms. The summed E-state index contributed by atoms with van der Waals surface area (Å²) in [5, 5.41) is 10.3. The van der Waals surface area contributed by atoms with Gasteiger partial charge in [0.15, 0.2) is 5.75 Å². The summed E-state index contributed by atoms with van der Waals surface area (Å²) in [5.74, 6) is -0.106. The molecule has 1 atom stereocenters. The largest absolute Gasteiger partial charge is 0.503 e. The van der Waals surface area contributed by atoms with Crippen LogP contribution in [-0.4, -0.2) is 27.2 Å². The number of hydrogen-bond donors (Lipinski definition) is 1. The van der Waals surface area contributed by atoms with Crippen molar-refractivity contribution in [3.63, 3.8) is 0 Å². The molecule has 0 saturated carbocycles. The first kappa shape index (κ1) is 15.8. The van der Waals surface area contributed by atoms with Gasteiger partial charge in [0.2, 0.25) is 0 Å². The molecule has 0 radical (unpaired) electrons. The molecule has 2 aromatic rings. The molecule has 3 rings (SSSR count). The Bertz CT molecular complexity index is 709. The van der Waals surface area contributed by atoms with Crippen LogP contribution in [0, 0.1) is 0 Å². The molecule has 1 aliphatic rings. The Kier molecular flexibility index (Phi) is 4.82. The normalized spacial score (nSPS) is 18.4. The Morgan fingerprint density at radius 3 is 2.70 bits per heavy atom. The highest BCUT2D eigenvalue weighted by Crippen LogP contribution is 2.24. The Hall–Kier alpha value is -2.07. The zero-order valence-electron chi connectivity index (χ0n) is 13.6. The zero-order chi connectivity index (χ0) is 16.2. The van der Waals surface area contributed by atoms with Gasteiger partial charge in [0, 0.05) is 24.3 Å². The van der Waals surface area contributed by atoms with E-state index in [-0.39, 0.29) is 11.3 Å². The minimum atomic E-state index is -0.307. The van der Waals surface area contributed by atoms with Crippen molar-refractivity contribution < 1.29 is 5.11 Å². The Morgan fingerprint density at radius 2 is 1.96 bits per heavy atom. The molecular formula is C19H24N2O2. The van der Waals surface area contributed by atoms with Gasteiger partial charge in [-0.15, -0.1) is 0 Å². The molecule has 1 aromatic heterocycles. The molecule has 0 spiro atoms.